The molecule has 164 valence electrons. The lowest BCUT2D eigenvalue weighted by atomic mass is 9.87. The summed E-state index contributed by atoms with van der Waals surface area (Å²) < 4.78 is 16.6. The Hall–Kier alpha value is -2.55. The van der Waals surface area contributed by atoms with Crippen LogP contribution in [0.1, 0.15) is 55.7 Å². The first kappa shape index (κ1) is 20.4. The van der Waals surface area contributed by atoms with Crippen molar-refractivity contribution in [1.82, 2.24) is 15.2 Å². The van der Waals surface area contributed by atoms with Crippen molar-refractivity contribution in [3.05, 3.63) is 34.9 Å². The van der Waals surface area contributed by atoms with Crippen LogP contribution in [0.15, 0.2) is 22.6 Å². The van der Waals surface area contributed by atoms with Crippen molar-refractivity contribution in [3.8, 4) is 11.6 Å². The van der Waals surface area contributed by atoms with Crippen LogP contribution in [0.3, 0.4) is 0 Å². The number of nitrogens with zero attached hydrogens (tertiary/aromatic N) is 3. The van der Waals surface area contributed by atoms with E-state index in [1.807, 2.05) is 19.9 Å². The summed E-state index contributed by atoms with van der Waals surface area (Å²) >= 11 is 0. The first-order valence-electron chi connectivity index (χ1n) is 10.9. The second-order valence-corrected chi connectivity index (χ2v) is 8.66. The van der Waals surface area contributed by atoms with E-state index in [0.29, 0.717) is 49.7 Å². The maximum atomic E-state index is 11.1. The minimum absolute atomic E-state index is 0.290. The molecule has 2 aliphatic rings. The summed E-state index contributed by atoms with van der Waals surface area (Å²) in [5.74, 6) is 0.918. The lowest BCUT2D eigenvalue weighted by molar-refractivity contribution is -0.0302. The van der Waals surface area contributed by atoms with Gasteiger partial charge in [0.05, 0.1) is 30.9 Å². The molecule has 1 aromatic carbocycles. The molecule has 2 N–H and O–H groups in total. The van der Waals surface area contributed by atoms with Gasteiger partial charge in [-0.1, -0.05) is 18.1 Å². The number of rotatable bonds is 7. The largest absolute Gasteiger partial charge is 0.402 e. The van der Waals surface area contributed by atoms with E-state index in [-0.39, 0.29) is 6.29 Å². The third-order valence-electron chi connectivity index (χ3n) is 6.21. The van der Waals surface area contributed by atoms with Gasteiger partial charge in [0.15, 0.2) is 6.29 Å². The topological polar surface area (TPSA) is 103 Å². The fourth-order valence-corrected chi connectivity index (χ4v) is 3.97. The van der Waals surface area contributed by atoms with Gasteiger partial charge in [-0.2, -0.15) is 0 Å². The van der Waals surface area contributed by atoms with Crippen molar-refractivity contribution >= 4 is 16.9 Å². The first-order valence-corrected chi connectivity index (χ1v) is 10.9. The molecule has 1 aliphatic heterocycles. The van der Waals surface area contributed by atoms with Crippen LogP contribution in [0.4, 0.5) is 6.01 Å². The lowest BCUT2D eigenvalue weighted by Crippen LogP contribution is -2.21. The Bertz CT molecular complexity index is 1100. The Morgan fingerprint density at radius 3 is 2.65 bits per heavy atom. The van der Waals surface area contributed by atoms with Crippen LogP contribution in [-0.2, 0) is 15.1 Å². The van der Waals surface area contributed by atoms with Crippen LogP contribution in [-0.4, -0.2) is 46.3 Å². The molecule has 1 unspecified atom stereocenters. The van der Waals surface area contributed by atoms with Crippen molar-refractivity contribution < 1.29 is 19.0 Å². The number of nitrogens with one attached hydrogen (secondary N) is 1. The van der Waals surface area contributed by atoms with Gasteiger partial charge in [0.2, 0.25) is 0 Å². The third kappa shape index (κ3) is 4.03. The molecule has 8 heteroatoms. The van der Waals surface area contributed by atoms with E-state index >= 15 is 0 Å². The Morgan fingerprint density at radius 2 is 1.94 bits per heavy atom. The monoisotopic (exact) mass is 424 g/mol. The van der Waals surface area contributed by atoms with Crippen molar-refractivity contribution in [1.29, 1.82) is 0 Å². The van der Waals surface area contributed by atoms with Gasteiger partial charge in [0.1, 0.15) is 5.69 Å². The summed E-state index contributed by atoms with van der Waals surface area (Å²) in [5, 5.41) is 23.5. The van der Waals surface area contributed by atoms with Gasteiger partial charge in [-0.05, 0) is 62.3 Å². The van der Waals surface area contributed by atoms with Crippen molar-refractivity contribution in [2.24, 2.45) is 0 Å². The quantitative estimate of drug-likeness (QED) is 0.589. The minimum Gasteiger partial charge on any atom is -0.402 e. The zero-order chi connectivity index (χ0) is 21.6. The molecule has 0 amide bonds. The van der Waals surface area contributed by atoms with Gasteiger partial charge in [-0.3, -0.25) is 0 Å². The van der Waals surface area contributed by atoms with Crippen LogP contribution in [0.25, 0.3) is 22.5 Å². The number of anilines is 1. The van der Waals surface area contributed by atoms with Gasteiger partial charge in [-0.15, -0.1) is 5.10 Å². The molecule has 3 aromatic rings. The molecule has 2 fully saturated rings. The number of benzene rings is 1. The van der Waals surface area contributed by atoms with Crippen molar-refractivity contribution in [3.63, 3.8) is 0 Å². The standard InChI is InChI=1S/C23H28N4O4/c1-4-23(3,28)17-11-15(14-5-6-14)10-16-13(2)9-18(25-20(16)17)21-26-27-22(31-21)24-12-19-29-7-8-30-19/h9-11,14,19,28H,4-8,12H2,1-3H3,(H,24,27). The molecule has 3 heterocycles. The maximum Gasteiger partial charge on any atom is 0.315 e. The zero-order valence-electron chi connectivity index (χ0n) is 18.1. The van der Waals surface area contributed by atoms with Gasteiger partial charge in [0.25, 0.3) is 5.89 Å². The second kappa shape index (κ2) is 7.85. The summed E-state index contributed by atoms with van der Waals surface area (Å²) in [7, 11) is 0. The molecule has 1 atom stereocenters. The molecular formula is C23H28N4O4. The Kier molecular flexibility index (Phi) is 5.16. The molecule has 1 saturated carbocycles. The second-order valence-electron chi connectivity index (χ2n) is 8.66. The van der Waals surface area contributed by atoms with Crippen LogP contribution in [0.2, 0.25) is 0 Å². The number of pyridine rings is 1. The Morgan fingerprint density at radius 1 is 1.16 bits per heavy atom. The summed E-state index contributed by atoms with van der Waals surface area (Å²) in [6.07, 6.45) is 2.70. The number of aromatic nitrogens is 3. The molecule has 0 spiro atoms. The summed E-state index contributed by atoms with van der Waals surface area (Å²) in [6.45, 7) is 7.50. The van der Waals surface area contributed by atoms with Crippen LogP contribution < -0.4 is 5.32 Å². The van der Waals surface area contributed by atoms with E-state index in [1.54, 1.807) is 0 Å². The van der Waals surface area contributed by atoms with Crippen molar-refractivity contribution in [2.45, 2.75) is 57.8 Å². The van der Waals surface area contributed by atoms with E-state index in [1.165, 1.54) is 18.4 Å². The predicted octanol–water partition coefficient (Wildman–Crippen LogP) is 3.87. The highest BCUT2D eigenvalue weighted by atomic mass is 16.7. The fraction of sp³-hybridized carbons (Fsp3) is 0.522. The molecule has 31 heavy (non-hydrogen) atoms. The third-order valence-corrected chi connectivity index (χ3v) is 6.21. The van der Waals surface area contributed by atoms with Gasteiger partial charge >= 0.3 is 6.01 Å². The zero-order valence-corrected chi connectivity index (χ0v) is 18.1. The number of aryl methyl sites for hydroxylation is 1. The molecule has 1 aliphatic carbocycles. The van der Waals surface area contributed by atoms with E-state index in [4.69, 9.17) is 18.9 Å². The molecule has 8 nitrogen and oxygen atoms in total. The van der Waals surface area contributed by atoms with E-state index in [9.17, 15) is 5.11 Å². The molecule has 2 aromatic heterocycles. The molecule has 5 rings (SSSR count). The number of ether oxygens (including phenoxy) is 2. The van der Waals surface area contributed by atoms with E-state index < -0.39 is 5.60 Å². The highest BCUT2D eigenvalue weighted by Crippen LogP contribution is 2.44. The Balaban J connectivity index is 1.51. The number of aliphatic hydroxyl groups is 1. The average molecular weight is 425 g/mol. The van der Waals surface area contributed by atoms with Crippen molar-refractivity contribution in [2.75, 3.05) is 25.1 Å². The number of hydrogen-bond acceptors (Lipinski definition) is 8. The van der Waals surface area contributed by atoms with Gasteiger partial charge in [-0.25, -0.2) is 4.98 Å². The van der Waals surface area contributed by atoms with E-state index in [2.05, 4.69) is 34.6 Å². The van der Waals surface area contributed by atoms with Crippen LogP contribution >= 0.6 is 0 Å². The normalized spacial score (nSPS) is 19.1. The van der Waals surface area contributed by atoms with E-state index in [0.717, 1.165) is 22.0 Å². The minimum atomic E-state index is -0.968. The molecule has 0 radical (unpaired) electrons. The predicted molar refractivity (Wildman–Crippen MR) is 116 cm³/mol. The average Bonchev–Trinajstić information content (AvgIpc) is 3.28. The summed E-state index contributed by atoms with van der Waals surface area (Å²) in [6, 6.07) is 6.60. The van der Waals surface area contributed by atoms with Crippen LogP contribution in [0, 0.1) is 6.92 Å². The van der Waals surface area contributed by atoms with Gasteiger partial charge in [0, 0.05) is 10.9 Å². The number of hydrogen-bond donors (Lipinski definition) is 2. The highest BCUT2D eigenvalue weighted by molar-refractivity contribution is 5.88. The van der Waals surface area contributed by atoms with Gasteiger partial charge < -0.3 is 24.3 Å². The van der Waals surface area contributed by atoms with Crippen LogP contribution in [0.5, 0.6) is 0 Å². The fourth-order valence-electron chi connectivity index (χ4n) is 3.97. The smallest absolute Gasteiger partial charge is 0.315 e. The highest BCUT2D eigenvalue weighted by Gasteiger charge is 2.30. The molecule has 0 bridgehead atoms. The Labute approximate surface area is 181 Å². The SMILES string of the molecule is CCC(C)(O)c1cc(C2CC2)cc2c(C)cc(-c3nnc(NCC4OCCO4)o3)nc12. The lowest BCUT2D eigenvalue weighted by Gasteiger charge is -2.25. The summed E-state index contributed by atoms with van der Waals surface area (Å²) in [4.78, 5) is 4.86. The molecule has 1 saturated heterocycles. The number of fused-ring (bicyclic) bond motifs is 1. The summed E-state index contributed by atoms with van der Waals surface area (Å²) in [5.41, 5.74) is 3.61. The maximum absolute atomic E-state index is 11.1. The molecular weight excluding hydrogens is 396 g/mol. The first-order chi connectivity index (χ1) is 14.9.